The van der Waals surface area contributed by atoms with Crippen LogP contribution in [0.3, 0.4) is 0 Å². The molecule has 2 aromatic carbocycles. The van der Waals surface area contributed by atoms with Crippen LogP contribution in [0.2, 0.25) is 0 Å². The van der Waals surface area contributed by atoms with E-state index in [1.54, 1.807) is 0 Å². The number of hydrogen-bond acceptors (Lipinski definition) is 5. The van der Waals surface area contributed by atoms with Crippen LogP contribution in [0.4, 0.5) is 11.4 Å². The maximum atomic E-state index is 12.7. The van der Waals surface area contributed by atoms with Crippen LogP contribution in [0, 0.1) is 0 Å². The van der Waals surface area contributed by atoms with Crippen LogP contribution in [0.5, 0.6) is 0 Å². The summed E-state index contributed by atoms with van der Waals surface area (Å²) in [5.74, 6) is -1.03. The molecule has 7 nitrogen and oxygen atoms in total. The first kappa shape index (κ1) is 26.0. The standard InChI is InChI=1S/C29H41N5O2/c1-32(2)25-16-14-23(15-17-25)27(34-20-18-33(19-21-34)26-12-8-5-9-13-26)22-30-28(35)29(36)31-24-10-6-3-4-7-11-24/h5,8-9,12-17,24,27H,3-4,6-7,10-11,18-22H2,1-2H3,(H,30,35)(H,31,36). The minimum Gasteiger partial charge on any atom is -0.378 e. The molecule has 0 spiro atoms. The number of carbonyl (C=O) groups is 2. The van der Waals surface area contributed by atoms with Gasteiger partial charge in [0.2, 0.25) is 0 Å². The molecule has 0 radical (unpaired) electrons. The lowest BCUT2D eigenvalue weighted by Gasteiger charge is -2.40. The lowest BCUT2D eigenvalue weighted by atomic mass is 10.0. The van der Waals surface area contributed by atoms with Crippen molar-refractivity contribution in [1.82, 2.24) is 15.5 Å². The molecule has 1 atom stereocenters. The van der Waals surface area contributed by atoms with E-state index in [1.807, 2.05) is 20.2 Å². The van der Waals surface area contributed by atoms with E-state index >= 15 is 0 Å². The molecular formula is C29H41N5O2. The summed E-state index contributed by atoms with van der Waals surface area (Å²) in [4.78, 5) is 32.3. The predicted octanol–water partition coefficient (Wildman–Crippen LogP) is 3.57. The highest BCUT2D eigenvalue weighted by atomic mass is 16.2. The van der Waals surface area contributed by atoms with Crippen molar-refractivity contribution in [1.29, 1.82) is 0 Å². The van der Waals surface area contributed by atoms with Crippen molar-refractivity contribution in [2.75, 3.05) is 56.6 Å². The van der Waals surface area contributed by atoms with Gasteiger partial charge < -0.3 is 20.4 Å². The largest absolute Gasteiger partial charge is 0.378 e. The number of rotatable bonds is 7. The predicted molar refractivity (Wildman–Crippen MR) is 146 cm³/mol. The molecule has 1 saturated heterocycles. The molecule has 7 heteroatoms. The Hall–Kier alpha value is -3.06. The van der Waals surface area contributed by atoms with Crippen LogP contribution < -0.4 is 20.4 Å². The van der Waals surface area contributed by atoms with Gasteiger partial charge in [0.15, 0.2) is 0 Å². The summed E-state index contributed by atoms with van der Waals surface area (Å²) in [5, 5.41) is 5.92. The highest BCUT2D eigenvalue weighted by Gasteiger charge is 2.27. The fraction of sp³-hybridized carbons (Fsp3) is 0.517. The number of carbonyl (C=O) groups excluding carboxylic acids is 2. The van der Waals surface area contributed by atoms with E-state index in [0.717, 1.165) is 63.1 Å². The first-order chi connectivity index (χ1) is 17.5. The van der Waals surface area contributed by atoms with Gasteiger partial charge in [-0.05, 0) is 42.7 Å². The molecule has 2 aliphatic rings. The Morgan fingerprint density at radius 1 is 0.861 bits per heavy atom. The molecule has 2 aromatic rings. The number of anilines is 2. The summed E-state index contributed by atoms with van der Waals surface area (Å²) < 4.78 is 0. The number of hydrogen-bond donors (Lipinski definition) is 2. The van der Waals surface area contributed by atoms with E-state index in [-0.39, 0.29) is 12.1 Å². The summed E-state index contributed by atoms with van der Waals surface area (Å²) in [5.41, 5.74) is 3.53. The Bertz CT molecular complexity index is 963. The normalized spacial score (nSPS) is 18.2. The first-order valence-electron chi connectivity index (χ1n) is 13.4. The van der Waals surface area contributed by atoms with Crippen LogP contribution in [0.1, 0.15) is 50.1 Å². The topological polar surface area (TPSA) is 67.9 Å². The maximum Gasteiger partial charge on any atom is 0.309 e. The third kappa shape index (κ3) is 7.00. The van der Waals surface area contributed by atoms with Gasteiger partial charge in [-0.1, -0.05) is 56.0 Å². The molecular weight excluding hydrogens is 450 g/mol. The zero-order valence-corrected chi connectivity index (χ0v) is 21.8. The third-order valence-electron chi connectivity index (χ3n) is 7.52. The van der Waals surface area contributed by atoms with E-state index in [2.05, 4.69) is 73.9 Å². The summed E-state index contributed by atoms with van der Waals surface area (Å²) in [6, 6.07) is 19.1. The summed E-state index contributed by atoms with van der Waals surface area (Å²) in [6.07, 6.45) is 6.59. The van der Waals surface area contributed by atoms with Crippen molar-refractivity contribution in [2.45, 2.75) is 50.6 Å². The van der Waals surface area contributed by atoms with E-state index < -0.39 is 11.8 Å². The monoisotopic (exact) mass is 491 g/mol. The molecule has 4 rings (SSSR count). The second kappa shape index (κ2) is 12.8. The number of benzene rings is 2. The molecule has 194 valence electrons. The lowest BCUT2D eigenvalue weighted by molar-refractivity contribution is -0.139. The maximum absolute atomic E-state index is 12.7. The minimum absolute atomic E-state index is 0.00812. The number of piperazine rings is 1. The van der Waals surface area contributed by atoms with Gasteiger partial charge in [-0.25, -0.2) is 0 Å². The fourth-order valence-electron chi connectivity index (χ4n) is 5.33. The molecule has 0 bridgehead atoms. The Balaban J connectivity index is 1.40. The highest BCUT2D eigenvalue weighted by Crippen LogP contribution is 2.26. The first-order valence-corrected chi connectivity index (χ1v) is 13.4. The van der Waals surface area contributed by atoms with Crippen LogP contribution in [0.25, 0.3) is 0 Å². The van der Waals surface area contributed by atoms with Crippen molar-refractivity contribution < 1.29 is 9.59 Å². The summed E-state index contributed by atoms with van der Waals surface area (Å²) in [6.45, 7) is 4.03. The third-order valence-corrected chi connectivity index (χ3v) is 7.52. The van der Waals surface area contributed by atoms with Crippen molar-refractivity contribution >= 4 is 23.2 Å². The van der Waals surface area contributed by atoms with E-state index in [0.29, 0.717) is 6.54 Å². The van der Waals surface area contributed by atoms with Gasteiger partial charge in [0.25, 0.3) is 0 Å². The van der Waals surface area contributed by atoms with Crippen LogP contribution in [-0.4, -0.2) is 69.6 Å². The van der Waals surface area contributed by atoms with E-state index in [4.69, 9.17) is 0 Å². The number of nitrogens with zero attached hydrogens (tertiary/aromatic N) is 3. The lowest BCUT2D eigenvalue weighted by Crippen LogP contribution is -2.51. The Morgan fingerprint density at radius 2 is 1.50 bits per heavy atom. The van der Waals surface area contributed by atoms with Crippen LogP contribution in [0.15, 0.2) is 54.6 Å². The molecule has 2 amide bonds. The SMILES string of the molecule is CN(C)c1ccc(C(CNC(=O)C(=O)NC2CCCCCC2)N2CCN(c3ccccc3)CC2)cc1. The average molecular weight is 492 g/mol. The molecule has 1 aliphatic carbocycles. The van der Waals surface area contributed by atoms with Crippen molar-refractivity contribution in [3.05, 3.63) is 60.2 Å². The molecule has 1 unspecified atom stereocenters. The van der Waals surface area contributed by atoms with Gasteiger partial charge in [-0.3, -0.25) is 14.5 Å². The van der Waals surface area contributed by atoms with Gasteiger partial charge in [-0.15, -0.1) is 0 Å². The van der Waals surface area contributed by atoms with Gasteiger partial charge in [0.05, 0.1) is 6.04 Å². The van der Waals surface area contributed by atoms with Crippen molar-refractivity contribution in [3.8, 4) is 0 Å². The molecule has 0 aromatic heterocycles. The van der Waals surface area contributed by atoms with Crippen molar-refractivity contribution in [3.63, 3.8) is 0 Å². The highest BCUT2D eigenvalue weighted by molar-refractivity contribution is 6.35. The average Bonchev–Trinajstić information content (AvgIpc) is 3.18. The van der Waals surface area contributed by atoms with Gasteiger partial charge in [0.1, 0.15) is 0 Å². The van der Waals surface area contributed by atoms with Gasteiger partial charge in [-0.2, -0.15) is 0 Å². The molecule has 1 saturated carbocycles. The zero-order chi connectivity index (χ0) is 25.3. The molecule has 2 fully saturated rings. The number of para-hydroxylation sites is 1. The van der Waals surface area contributed by atoms with Crippen molar-refractivity contribution in [2.24, 2.45) is 0 Å². The Labute approximate surface area is 215 Å². The van der Waals surface area contributed by atoms with Crippen LogP contribution >= 0.6 is 0 Å². The molecule has 2 N–H and O–H groups in total. The minimum atomic E-state index is -0.530. The van der Waals surface area contributed by atoms with Gasteiger partial charge >= 0.3 is 11.8 Å². The second-order valence-corrected chi connectivity index (χ2v) is 10.2. The van der Waals surface area contributed by atoms with E-state index in [9.17, 15) is 9.59 Å². The Kier molecular flexibility index (Phi) is 9.23. The number of amides is 2. The van der Waals surface area contributed by atoms with Crippen LogP contribution in [-0.2, 0) is 9.59 Å². The Morgan fingerprint density at radius 3 is 2.11 bits per heavy atom. The van der Waals surface area contributed by atoms with Gasteiger partial charge in [0, 0.05) is 64.2 Å². The quantitative estimate of drug-likeness (QED) is 0.458. The molecule has 1 aliphatic heterocycles. The fourth-order valence-corrected chi connectivity index (χ4v) is 5.33. The summed E-state index contributed by atoms with van der Waals surface area (Å²) >= 11 is 0. The molecule has 36 heavy (non-hydrogen) atoms. The smallest absolute Gasteiger partial charge is 0.309 e. The second-order valence-electron chi connectivity index (χ2n) is 10.2. The zero-order valence-electron chi connectivity index (χ0n) is 21.8. The molecule has 1 heterocycles. The van der Waals surface area contributed by atoms with E-state index in [1.165, 1.54) is 18.5 Å². The number of nitrogens with one attached hydrogen (secondary N) is 2. The summed E-state index contributed by atoms with van der Waals surface area (Å²) in [7, 11) is 4.06.